The Morgan fingerprint density at radius 2 is 1.90 bits per heavy atom. The monoisotopic (exact) mass is 300 g/mol. The van der Waals surface area contributed by atoms with Crippen LogP contribution in [0.5, 0.6) is 5.75 Å². The first-order chi connectivity index (χ1) is 9.22. The summed E-state index contributed by atoms with van der Waals surface area (Å²) in [7, 11) is -1.98. The van der Waals surface area contributed by atoms with Crippen molar-refractivity contribution in [3.05, 3.63) is 23.3 Å². The van der Waals surface area contributed by atoms with Gasteiger partial charge in [-0.25, -0.2) is 13.1 Å². The molecule has 0 spiro atoms. The van der Waals surface area contributed by atoms with Gasteiger partial charge in [0.25, 0.3) is 0 Å². The van der Waals surface area contributed by atoms with Crippen LogP contribution in [0.25, 0.3) is 0 Å². The maximum atomic E-state index is 12.4. The largest absolute Gasteiger partial charge is 0.496 e. The smallest absolute Gasteiger partial charge is 0.241 e. The molecule has 114 valence electrons. The molecule has 1 rings (SSSR count). The van der Waals surface area contributed by atoms with Crippen LogP contribution >= 0.6 is 0 Å². The van der Waals surface area contributed by atoms with Gasteiger partial charge in [-0.15, -0.1) is 0 Å². The van der Waals surface area contributed by atoms with Crippen LogP contribution in [-0.2, 0) is 10.0 Å². The minimum absolute atomic E-state index is 0.173. The number of ether oxygens (including phenoxy) is 1. The Bertz CT molecular complexity index is 568. The zero-order chi connectivity index (χ0) is 15.5. The fourth-order valence-electron chi connectivity index (χ4n) is 1.97. The molecule has 3 N–H and O–H groups in total. The molecule has 0 saturated carbocycles. The maximum Gasteiger partial charge on any atom is 0.241 e. The van der Waals surface area contributed by atoms with Crippen molar-refractivity contribution in [1.29, 1.82) is 0 Å². The van der Waals surface area contributed by atoms with Gasteiger partial charge in [-0.3, -0.25) is 0 Å². The van der Waals surface area contributed by atoms with E-state index < -0.39 is 10.0 Å². The maximum absolute atomic E-state index is 12.4. The zero-order valence-corrected chi connectivity index (χ0v) is 13.5. The van der Waals surface area contributed by atoms with Crippen LogP contribution in [0.4, 0.5) is 0 Å². The standard InChI is InChI=1S/C14H24N2O3S/c1-9(2)12-7-14(10(3)6-13(12)19-5)20(17,18)16-11(4)8-15/h6-7,9,11,16H,8,15H2,1-5H3/t11-/m0/s1. The molecule has 1 aromatic rings. The summed E-state index contributed by atoms with van der Waals surface area (Å²) in [6.45, 7) is 7.75. The highest BCUT2D eigenvalue weighted by Gasteiger charge is 2.22. The number of nitrogens with two attached hydrogens (primary N) is 1. The number of sulfonamides is 1. The van der Waals surface area contributed by atoms with Crippen molar-refractivity contribution in [2.75, 3.05) is 13.7 Å². The molecule has 1 atom stereocenters. The lowest BCUT2D eigenvalue weighted by Gasteiger charge is -2.18. The minimum atomic E-state index is -3.57. The Kier molecular flexibility index (Phi) is 5.56. The van der Waals surface area contributed by atoms with Gasteiger partial charge in [0.2, 0.25) is 10.0 Å². The van der Waals surface area contributed by atoms with E-state index >= 15 is 0 Å². The number of rotatable bonds is 6. The summed E-state index contributed by atoms with van der Waals surface area (Å²) >= 11 is 0. The normalized spacial score (nSPS) is 13.6. The highest BCUT2D eigenvalue weighted by atomic mass is 32.2. The summed E-state index contributed by atoms with van der Waals surface area (Å²) in [6.07, 6.45) is 0. The van der Waals surface area contributed by atoms with Crippen LogP contribution in [0.1, 0.15) is 37.8 Å². The summed E-state index contributed by atoms with van der Waals surface area (Å²) in [6, 6.07) is 3.14. The van der Waals surface area contributed by atoms with Crippen molar-refractivity contribution in [1.82, 2.24) is 4.72 Å². The first kappa shape index (κ1) is 16.9. The third-order valence-electron chi connectivity index (χ3n) is 3.15. The number of methoxy groups -OCH3 is 1. The molecular weight excluding hydrogens is 276 g/mol. The van der Waals surface area contributed by atoms with E-state index in [1.54, 1.807) is 33.1 Å². The average Bonchev–Trinajstić information content (AvgIpc) is 2.36. The molecule has 0 radical (unpaired) electrons. The third-order valence-corrected chi connectivity index (χ3v) is 4.88. The quantitative estimate of drug-likeness (QED) is 0.838. The molecular formula is C14H24N2O3S. The predicted octanol–water partition coefficient (Wildman–Crippen LogP) is 1.75. The van der Waals surface area contributed by atoms with Gasteiger partial charge in [0.05, 0.1) is 12.0 Å². The molecule has 1 aromatic carbocycles. The van der Waals surface area contributed by atoms with Gasteiger partial charge in [0.1, 0.15) is 5.75 Å². The topological polar surface area (TPSA) is 81.4 Å². The Labute approximate surface area is 121 Å². The van der Waals surface area contributed by atoms with Crippen LogP contribution in [0.15, 0.2) is 17.0 Å². The van der Waals surface area contributed by atoms with Crippen molar-refractivity contribution >= 4 is 10.0 Å². The minimum Gasteiger partial charge on any atom is -0.496 e. The van der Waals surface area contributed by atoms with Gasteiger partial charge in [0, 0.05) is 12.6 Å². The van der Waals surface area contributed by atoms with Crippen LogP contribution in [0.2, 0.25) is 0 Å². The summed E-state index contributed by atoms with van der Waals surface area (Å²) in [5.41, 5.74) is 7.00. The fraction of sp³-hybridized carbons (Fsp3) is 0.571. The number of aryl methyl sites for hydroxylation is 1. The summed E-state index contributed by atoms with van der Waals surface area (Å²) in [5.74, 6) is 0.884. The van der Waals surface area contributed by atoms with Gasteiger partial charge in [-0.05, 0) is 43.0 Å². The molecule has 20 heavy (non-hydrogen) atoms. The van der Waals surface area contributed by atoms with Crippen LogP contribution in [-0.4, -0.2) is 28.1 Å². The Balaban J connectivity index is 3.35. The Hall–Kier alpha value is -1.11. The summed E-state index contributed by atoms with van der Waals surface area (Å²) in [4.78, 5) is 0.280. The molecule has 5 nitrogen and oxygen atoms in total. The summed E-state index contributed by atoms with van der Waals surface area (Å²) < 4.78 is 32.7. The predicted molar refractivity (Wildman–Crippen MR) is 80.7 cm³/mol. The lowest BCUT2D eigenvalue weighted by atomic mass is 10.0. The van der Waals surface area contributed by atoms with Crippen molar-refractivity contribution in [2.45, 2.75) is 44.6 Å². The molecule has 0 aliphatic rings. The van der Waals surface area contributed by atoms with E-state index in [0.29, 0.717) is 11.3 Å². The van der Waals surface area contributed by atoms with Gasteiger partial charge in [0.15, 0.2) is 0 Å². The van der Waals surface area contributed by atoms with Crippen LogP contribution < -0.4 is 15.2 Å². The molecule has 0 bridgehead atoms. The van der Waals surface area contributed by atoms with E-state index in [-0.39, 0.29) is 23.4 Å². The first-order valence-corrected chi connectivity index (χ1v) is 8.12. The molecule has 0 saturated heterocycles. The van der Waals surface area contributed by atoms with Crippen molar-refractivity contribution < 1.29 is 13.2 Å². The highest BCUT2D eigenvalue weighted by molar-refractivity contribution is 7.89. The van der Waals surface area contributed by atoms with E-state index in [1.165, 1.54) is 0 Å². The van der Waals surface area contributed by atoms with Crippen molar-refractivity contribution in [2.24, 2.45) is 5.73 Å². The SMILES string of the molecule is COc1cc(C)c(S(=O)(=O)N[C@@H](C)CN)cc1C(C)C. The Morgan fingerprint density at radius 1 is 1.30 bits per heavy atom. The van der Waals surface area contributed by atoms with Crippen molar-refractivity contribution in [3.8, 4) is 5.75 Å². The van der Waals surface area contributed by atoms with E-state index in [1.807, 2.05) is 13.8 Å². The second-order valence-electron chi connectivity index (χ2n) is 5.27. The molecule has 0 amide bonds. The molecule has 6 heteroatoms. The van der Waals surface area contributed by atoms with Gasteiger partial charge in [-0.2, -0.15) is 0 Å². The molecule has 0 aliphatic heterocycles. The zero-order valence-electron chi connectivity index (χ0n) is 12.7. The van der Waals surface area contributed by atoms with Crippen molar-refractivity contribution in [3.63, 3.8) is 0 Å². The molecule has 0 unspecified atom stereocenters. The van der Waals surface area contributed by atoms with E-state index in [2.05, 4.69) is 4.72 Å². The number of benzene rings is 1. The Morgan fingerprint density at radius 3 is 2.35 bits per heavy atom. The second kappa shape index (κ2) is 6.56. The lowest BCUT2D eigenvalue weighted by molar-refractivity contribution is 0.406. The average molecular weight is 300 g/mol. The van der Waals surface area contributed by atoms with Gasteiger partial charge < -0.3 is 10.5 Å². The number of hydrogen-bond donors (Lipinski definition) is 2. The van der Waals surface area contributed by atoms with E-state index in [0.717, 1.165) is 5.56 Å². The number of hydrogen-bond acceptors (Lipinski definition) is 4. The molecule has 0 fully saturated rings. The number of nitrogens with one attached hydrogen (secondary N) is 1. The lowest BCUT2D eigenvalue weighted by Crippen LogP contribution is -2.38. The third kappa shape index (κ3) is 3.71. The van der Waals surface area contributed by atoms with Gasteiger partial charge >= 0.3 is 0 Å². The fourth-order valence-corrected chi connectivity index (χ4v) is 3.49. The second-order valence-corrected chi connectivity index (χ2v) is 6.95. The van der Waals surface area contributed by atoms with E-state index in [9.17, 15) is 8.42 Å². The van der Waals surface area contributed by atoms with Gasteiger partial charge in [-0.1, -0.05) is 13.8 Å². The highest BCUT2D eigenvalue weighted by Crippen LogP contribution is 2.31. The molecule has 0 aromatic heterocycles. The molecule has 0 heterocycles. The van der Waals surface area contributed by atoms with Crippen LogP contribution in [0.3, 0.4) is 0 Å². The first-order valence-electron chi connectivity index (χ1n) is 6.63. The summed E-state index contributed by atoms with van der Waals surface area (Å²) in [5, 5.41) is 0. The van der Waals surface area contributed by atoms with E-state index in [4.69, 9.17) is 10.5 Å². The van der Waals surface area contributed by atoms with Crippen LogP contribution in [0, 0.1) is 6.92 Å². The molecule has 0 aliphatic carbocycles.